The van der Waals surface area contributed by atoms with E-state index in [2.05, 4.69) is 52.1 Å². The zero-order valence-corrected chi connectivity index (χ0v) is 17.2. The molecule has 2 aromatic heterocycles. The fourth-order valence-corrected chi connectivity index (χ4v) is 3.82. The Morgan fingerprint density at radius 1 is 1.15 bits per heavy atom. The van der Waals surface area contributed by atoms with E-state index in [1.807, 2.05) is 36.4 Å². The van der Waals surface area contributed by atoms with E-state index in [-0.39, 0.29) is 11.6 Å². The number of carbonyl (C=O) groups excluding carboxylic acids is 1. The smallest absolute Gasteiger partial charge is 0.297 e. The fourth-order valence-electron chi connectivity index (χ4n) is 2.88. The number of aromatic amines is 1. The van der Waals surface area contributed by atoms with Crippen LogP contribution in [0.5, 0.6) is 5.88 Å². The van der Waals surface area contributed by atoms with Crippen LogP contribution in [0, 0.1) is 6.92 Å². The minimum absolute atomic E-state index is 0.164. The number of nitrogens with one attached hydrogen (secondary N) is 1. The maximum absolute atomic E-state index is 12.6. The molecule has 0 aliphatic rings. The lowest BCUT2D eigenvalue weighted by Gasteiger charge is -2.03. The summed E-state index contributed by atoms with van der Waals surface area (Å²) in [4.78, 5) is 19.9. The molecular weight excluding hydrogens is 476 g/mol. The highest BCUT2D eigenvalue weighted by Crippen LogP contribution is 2.42. The van der Waals surface area contributed by atoms with Crippen LogP contribution in [-0.2, 0) is 0 Å². The predicted octanol–water partition coefficient (Wildman–Crippen LogP) is 6.18. The van der Waals surface area contributed by atoms with Gasteiger partial charge in [-0.3, -0.25) is 9.78 Å². The highest BCUT2D eigenvalue weighted by molar-refractivity contribution is 9.11. The molecule has 0 radical (unpaired) electrons. The van der Waals surface area contributed by atoms with Crippen LogP contribution in [0.2, 0.25) is 0 Å². The summed E-state index contributed by atoms with van der Waals surface area (Å²) in [5, 5.41) is 19.5. The monoisotopic (exact) mass is 486 g/mol. The van der Waals surface area contributed by atoms with Gasteiger partial charge in [0.2, 0.25) is 5.88 Å². The van der Waals surface area contributed by atoms with Crippen molar-refractivity contribution in [3.05, 3.63) is 62.7 Å². The summed E-state index contributed by atoms with van der Waals surface area (Å²) < 4.78 is 1.49. The number of fused-ring (bicyclic) bond motifs is 2. The third-order valence-corrected chi connectivity index (χ3v) is 5.52. The molecule has 0 spiro atoms. The molecule has 0 saturated heterocycles. The maximum Gasteiger partial charge on any atom is 0.297 e. The number of pyridine rings is 1. The molecule has 0 unspecified atom stereocenters. The molecule has 0 aliphatic carbocycles. The maximum atomic E-state index is 12.6. The van der Waals surface area contributed by atoms with Crippen LogP contribution in [0.1, 0.15) is 16.1 Å². The standard InChI is InChI=1S/C19H12Br2N4O2/c1-9-11(8-10-4-2-3-5-14(10)22-9)18(26)25-24-17-15-12(20)6-7-13(21)16(15)23-19(17)27/h2-8,23,27H,1H3. The van der Waals surface area contributed by atoms with Crippen molar-refractivity contribution in [3.63, 3.8) is 0 Å². The predicted molar refractivity (Wildman–Crippen MR) is 111 cm³/mol. The molecule has 2 heterocycles. The molecular formula is C19H12Br2N4O2. The third-order valence-electron chi connectivity index (χ3n) is 4.19. The summed E-state index contributed by atoms with van der Waals surface area (Å²) in [6.07, 6.45) is 0. The number of hydrogen-bond donors (Lipinski definition) is 2. The van der Waals surface area contributed by atoms with Crippen molar-refractivity contribution < 1.29 is 9.90 Å². The average molecular weight is 488 g/mol. The second kappa shape index (κ2) is 6.86. The van der Waals surface area contributed by atoms with E-state index in [1.54, 1.807) is 13.0 Å². The molecule has 0 fully saturated rings. The summed E-state index contributed by atoms with van der Waals surface area (Å²) >= 11 is 6.85. The zero-order chi connectivity index (χ0) is 19.1. The Hall–Kier alpha value is -2.58. The lowest BCUT2D eigenvalue weighted by molar-refractivity contribution is 0.0994. The molecule has 2 aromatic carbocycles. The molecule has 134 valence electrons. The lowest BCUT2D eigenvalue weighted by atomic mass is 10.1. The van der Waals surface area contributed by atoms with Crippen LogP contribution in [0.15, 0.2) is 61.6 Å². The Morgan fingerprint density at radius 2 is 1.89 bits per heavy atom. The molecule has 0 saturated carbocycles. The first-order valence-electron chi connectivity index (χ1n) is 7.97. The molecule has 4 rings (SSSR count). The number of hydrogen-bond acceptors (Lipinski definition) is 4. The summed E-state index contributed by atoms with van der Waals surface area (Å²) in [6, 6.07) is 12.9. The second-order valence-electron chi connectivity index (χ2n) is 5.92. The van der Waals surface area contributed by atoms with E-state index in [9.17, 15) is 9.90 Å². The van der Waals surface area contributed by atoms with E-state index < -0.39 is 5.91 Å². The number of aryl methyl sites for hydroxylation is 1. The van der Waals surface area contributed by atoms with Crippen LogP contribution >= 0.6 is 31.9 Å². The number of azo groups is 1. The van der Waals surface area contributed by atoms with Gasteiger partial charge in [0.15, 0.2) is 5.69 Å². The molecule has 27 heavy (non-hydrogen) atoms. The van der Waals surface area contributed by atoms with E-state index >= 15 is 0 Å². The highest BCUT2D eigenvalue weighted by atomic mass is 79.9. The van der Waals surface area contributed by atoms with Crippen LogP contribution < -0.4 is 0 Å². The van der Waals surface area contributed by atoms with E-state index in [0.717, 1.165) is 19.8 Å². The van der Waals surface area contributed by atoms with Gasteiger partial charge in [0, 0.05) is 19.7 Å². The first kappa shape index (κ1) is 17.8. The number of aromatic nitrogens is 2. The van der Waals surface area contributed by atoms with Crippen LogP contribution in [-0.4, -0.2) is 21.0 Å². The highest BCUT2D eigenvalue weighted by Gasteiger charge is 2.17. The van der Waals surface area contributed by atoms with E-state index in [0.29, 0.717) is 22.2 Å². The largest absolute Gasteiger partial charge is 0.493 e. The van der Waals surface area contributed by atoms with Crippen molar-refractivity contribution in [2.75, 3.05) is 0 Å². The SMILES string of the molecule is Cc1nc2ccccc2cc1C(=O)N=Nc1c(O)[nH]c2c(Br)ccc(Br)c12. The molecule has 6 nitrogen and oxygen atoms in total. The second-order valence-corrected chi connectivity index (χ2v) is 7.63. The Balaban J connectivity index is 1.77. The number of halogens is 2. The zero-order valence-electron chi connectivity index (χ0n) is 14.0. The average Bonchev–Trinajstić information content (AvgIpc) is 2.99. The quantitative estimate of drug-likeness (QED) is 0.331. The van der Waals surface area contributed by atoms with Gasteiger partial charge >= 0.3 is 0 Å². The van der Waals surface area contributed by atoms with Crippen molar-refractivity contribution in [2.45, 2.75) is 6.92 Å². The summed E-state index contributed by atoms with van der Waals surface area (Å²) in [5.41, 5.74) is 2.61. The summed E-state index contributed by atoms with van der Waals surface area (Å²) in [7, 11) is 0. The Kier molecular flexibility index (Phi) is 4.53. The normalized spacial score (nSPS) is 11.7. The summed E-state index contributed by atoms with van der Waals surface area (Å²) in [6.45, 7) is 1.76. The van der Waals surface area contributed by atoms with Gasteiger partial charge in [0.1, 0.15) is 0 Å². The van der Waals surface area contributed by atoms with Crippen molar-refractivity contribution in [1.29, 1.82) is 0 Å². The van der Waals surface area contributed by atoms with Gasteiger partial charge in [-0.1, -0.05) is 34.1 Å². The number of rotatable bonds is 2. The molecule has 0 aliphatic heterocycles. The van der Waals surface area contributed by atoms with Gasteiger partial charge in [-0.2, -0.15) is 0 Å². The van der Waals surface area contributed by atoms with Gasteiger partial charge in [0.25, 0.3) is 5.91 Å². The molecule has 1 amide bonds. The number of benzene rings is 2. The Morgan fingerprint density at radius 3 is 2.70 bits per heavy atom. The van der Waals surface area contributed by atoms with Crippen molar-refractivity contribution >= 4 is 65.3 Å². The number of H-pyrrole nitrogens is 1. The minimum Gasteiger partial charge on any atom is -0.493 e. The Bertz CT molecular complexity index is 1250. The first-order valence-corrected chi connectivity index (χ1v) is 9.55. The number of aromatic hydroxyl groups is 1. The van der Waals surface area contributed by atoms with Gasteiger partial charge in [-0.25, -0.2) is 0 Å². The van der Waals surface area contributed by atoms with Crippen LogP contribution in [0.25, 0.3) is 21.8 Å². The Labute approximate surface area is 170 Å². The van der Waals surface area contributed by atoms with E-state index in [4.69, 9.17) is 0 Å². The van der Waals surface area contributed by atoms with Crippen molar-refractivity contribution in [1.82, 2.24) is 9.97 Å². The molecule has 0 bridgehead atoms. The topological polar surface area (TPSA) is 90.7 Å². The summed E-state index contributed by atoms with van der Waals surface area (Å²) in [5.74, 6) is -0.687. The minimum atomic E-state index is -0.523. The molecule has 2 N–H and O–H groups in total. The number of amides is 1. The van der Waals surface area contributed by atoms with Gasteiger partial charge in [-0.15, -0.1) is 10.2 Å². The molecule has 8 heteroatoms. The molecule has 4 aromatic rings. The number of carbonyl (C=O) groups is 1. The number of nitrogens with zero attached hydrogens (tertiary/aromatic N) is 3. The van der Waals surface area contributed by atoms with Gasteiger partial charge in [-0.05, 0) is 47.1 Å². The van der Waals surface area contributed by atoms with Gasteiger partial charge < -0.3 is 10.1 Å². The molecule has 0 atom stereocenters. The van der Waals surface area contributed by atoms with Crippen LogP contribution in [0.4, 0.5) is 5.69 Å². The van der Waals surface area contributed by atoms with Crippen molar-refractivity contribution in [3.8, 4) is 5.88 Å². The lowest BCUT2D eigenvalue weighted by Crippen LogP contribution is -2.00. The number of para-hydroxylation sites is 1. The third kappa shape index (κ3) is 3.15. The first-order chi connectivity index (χ1) is 13.0. The van der Waals surface area contributed by atoms with Gasteiger partial charge in [0.05, 0.1) is 22.3 Å². The van der Waals surface area contributed by atoms with Crippen molar-refractivity contribution in [2.24, 2.45) is 10.2 Å². The van der Waals surface area contributed by atoms with Crippen LogP contribution in [0.3, 0.4) is 0 Å². The van der Waals surface area contributed by atoms with E-state index in [1.165, 1.54) is 0 Å². The fraction of sp³-hybridized carbons (Fsp3) is 0.0526.